The Morgan fingerprint density at radius 1 is 1.24 bits per heavy atom. The van der Waals surface area contributed by atoms with E-state index in [0.29, 0.717) is 5.92 Å². The zero-order chi connectivity index (χ0) is 17.5. The van der Waals surface area contributed by atoms with Crippen molar-refractivity contribution in [3.05, 3.63) is 33.5 Å². The Morgan fingerprint density at radius 3 is 2.76 bits per heavy atom. The van der Waals surface area contributed by atoms with E-state index in [1.807, 2.05) is 6.08 Å². The van der Waals surface area contributed by atoms with Gasteiger partial charge in [0, 0.05) is 18.0 Å². The van der Waals surface area contributed by atoms with Gasteiger partial charge in [0.05, 0.1) is 5.35 Å². The van der Waals surface area contributed by atoms with Gasteiger partial charge < -0.3 is 14.6 Å². The van der Waals surface area contributed by atoms with Crippen LogP contribution in [0, 0.1) is 5.92 Å². The molecule has 3 aliphatic rings. The van der Waals surface area contributed by atoms with Crippen molar-refractivity contribution >= 4 is 11.6 Å². The third kappa shape index (κ3) is 4.95. The van der Waals surface area contributed by atoms with Crippen LogP contribution < -0.4 is 21.8 Å². The maximum Gasteiger partial charge on any atom is 0.417 e. The number of H-pyrrole nitrogens is 1. The van der Waals surface area contributed by atoms with Crippen molar-refractivity contribution in [2.24, 2.45) is 5.92 Å². The second kappa shape index (κ2) is 9.20. The summed E-state index contributed by atoms with van der Waals surface area (Å²) in [6, 6.07) is 0. The Hall–Kier alpha value is -1.59. The molecular formula is C20H31N3O2. The quantitative estimate of drug-likeness (QED) is 0.849. The normalized spacial score (nSPS) is 23.9. The molecule has 3 heterocycles. The highest BCUT2D eigenvalue weighted by Gasteiger charge is 2.23. The monoisotopic (exact) mass is 345 g/mol. The number of rotatable bonds is 2. The molecule has 5 heteroatoms. The maximum atomic E-state index is 11.4. The first-order valence-electron chi connectivity index (χ1n) is 9.81. The van der Waals surface area contributed by atoms with Crippen LogP contribution in [0.5, 0.6) is 0 Å². The first kappa shape index (κ1) is 18.2. The summed E-state index contributed by atoms with van der Waals surface area (Å²) >= 11 is 0. The van der Waals surface area contributed by atoms with Crippen LogP contribution in [0.2, 0.25) is 0 Å². The fraction of sp³-hybridized carbons (Fsp3) is 0.650. The molecule has 1 aliphatic carbocycles. The molecule has 1 atom stereocenters. The predicted molar refractivity (Wildman–Crippen MR) is 102 cm³/mol. The van der Waals surface area contributed by atoms with Gasteiger partial charge in [0.25, 0.3) is 0 Å². The minimum absolute atomic E-state index is 0.350. The van der Waals surface area contributed by atoms with Crippen molar-refractivity contribution in [1.29, 1.82) is 0 Å². The van der Waals surface area contributed by atoms with Crippen LogP contribution in [-0.2, 0) is 0 Å². The number of hydrogen-bond donors (Lipinski definition) is 2. The molecule has 1 aromatic heterocycles. The standard InChI is InChI=1S/C15H20N2O2.C5H11N/c1-2-17-9-5-6-11(10-17)12-7-3-4-8-13-14(12)19-15(18)16-13;1-2-4-6-5-3-1/h3,7-8,11H,2,4-6,9-10H2,1H3,(H,16,18);6H,1-5H2. The number of aromatic amines is 1. The minimum atomic E-state index is -0.350. The van der Waals surface area contributed by atoms with E-state index in [-0.39, 0.29) is 5.76 Å². The lowest BCUT2D eigenvalue weighted by molar-refractivity contribution is 0.209. The molecule has 1 unspecified atom stereocenters. The topological polar surface area (TPSA) is 61.3 Å². The molecule has 2 saturated heterocycles. The summed E-state index contributed by atoms with van der Waals surface area (Å²) in [6.07, 6.45) is 13.7. The molecule has 2 fully saturated rings. The van der Waals surface area contributed by atoms with Crippen LogP contribution in [-0.4, -0.2) is 42.6 Å². The largest absolute Gasteiger partial charge is 0.417 e. The Morgan fingerprint density at radius 2 is 2.08 bits per heavy atom. The van der Waals surface area contributed by atoms with Gasteiger partial charge in [-0.05, 0) is 58.3 Å². The van der Waals surface area contributed by atoms with E-state index >= 15 is 0 Å². The number of aromatic nitrogens is 1. The van der Waals surface area contributed by atoms with E-state index < -0.39 is 0 Å². The van der Waals surface area contributed by atoms with Gasteiger partial charge in [-0.2, -0.15) is 0 Å². The number of hydrogen-bond acceptors (Lipinski definition) is 4. The molecular weight excluding hydrogens is 314 g/mol. The van der Waals surface area contributed by atoms with Crippen LogP contribution in [0.25, 0.3) is 11.6 Å². The minimum Gasteiger partial charge on any atom is -0.408 e. The molecule has 4 rings (SSSR count). The Bertz CT molecular complexity index is 728. The maximum absolute atomic E-state index is 11.4. The van der Waals surface area contributed by atoms with Crippen LogP contribution in [0.3, 0.4) is 0 Å². The van der Waals surface area contributed by atoms with Crippen LogP contribution >= 0.6 is 0 Å². The summed E-state index contributed by atoms with van der Waals surface area (Å²) in [5.41, 5.74) is 1.93. The van der Waals surface area contributed by atoms with Gasteiger partial charge in [-0.15, -0.1) is 0 Å². The summed E-state index contributed by atoms with van der Waals surface area (Å²) in [6.45, 7) is 8.03. The fourth-order valence-electron chi connectivity index (χ4n) is 3.87. The SMILES string of the molecule is C1CCNCC1.CCN1CCCC(C2=c3oc(=O)[nH]c3=CCC=C2)C1. The highest BCUT2D eigenvalue weighted by Crippen LogP contribution is 2.24. The molecule has 0 aromatic carbocycles. The molecule has 1 aromatic rings. The van der Waals surface area contributed by atoms with Gasteiger partial charge in [-0.1, -0.05) is 31.6 Å². The highest BCUT2D eigenvalue weighted by molar-refractivity contribution is 5.59. The lowest BCUT2D eigenvalue weighted by atomic mass is 9.90. The molecule has 2 N–H and O–H groups in total. The molecule has 5 nitrogen and oxygen atoms in total. The van der Waals surface area contributed by atoms with Gasteiger partial charge in [-0.25, -0.2) is 4.79 Å². The van der Waals surface area contributed by atoms with Crippen molar-refractivity contribution in [2.45, 2.75) is 45.4 Å². The summed E-state index contributed by atoms with van der Waals surface area (Å²) in [7, 11) is 0. The first-order valence-corrected chi connectivity index (χ1v) is 9.81. The first-order chi connectivity index (χ1) is 12.3. The lowest BCUT2D eigenvalue weighted by Gasteiger charge is -2.32. The average Bonchev–Trinajstić information content (AvgIpc) is 2.93. The van der Waals surface area contributed by atoms with Crippen molar-refractivity contribution in [3.8, 4) is 0 Å². The zero-order valence-corrected chi connectivity index (χ0v) is 15.4. The molecule has 0 bridgehead atoms. The smallest absolute Gasteiger partial charge is 0.408 e. The summed E-state index contributed by atoms with van der Waals surface area (Å²) in [5, 5.41) is 4.13. The lowest BCUT2D eigenvalue weighted by Crippen LogP contribution is -2.37. The van der Waals surface area contributed by atoms with Gasteiger partial charge in [0.1, 0.15) is 0 Å². The van der Waals surface area contributed by atoms with E-state index in [2.05, 4.69) is 34.3 Å². The Labute approximate surface area is 149 Å². The van der Waals surface area contributed by atoms with Crippen LogP contribution in [0.1, 0.15) is 45.4 Å². The number of nitrogens with one attached hydrogen (secondary N) is 2. The average molecular weight is 345 g/mol. The van der Waals surface area contributed by atoms with E-state index in [1.165, 1.54) is 57.3 Å². The number of likely N-dealkylation sites (tertiary alicyclic amines) is 1. The van der Waals surface area contributed by atoms with Gasteiger partial charge in [-0.3, -0.25) is 4.98 Å². The van der Waals surface area contributed by atoms with Crippen molar-refractivity contribution in [3.63, 3.8) is 0 Å². The molecule has 0 amide bonds. The molecule has 25 heavy (non-hydrogen) atoms. The van der Waals surface area contributed by atoms with E-state index in [1.54, 1.807) is 0 Å². The van der Waals surface area contributed by atoms with E-state index in [4.69, 9.17) is 4.42 Å². The fourth-order valence-corrected chi connectivity index (χ4v) is 3.87. The predicted octanol–water partition coefficient (Wildman–Crippen LogP) is 1.35. The van der Waals surface area contributed by atoms with Gasteiger partial charge in [0.2, 0.25) is 0 Å². The second-order valence-corrected chi connectivity index (χ2v) is 7.10. The second-order valence-electron chi connectivity index (χ2n) is 7.10. The van der Waals surface area contributed by atoms with Crippen molar-refractivity contribution in [2.75, 3.05) is 32.7 Å². The highest BCUT2D eigenvalue weighted by atomic mass is 16.4. The molecule has 2 aliphatic heterocycles. The molecule has 0 spiro atoms. The number of oxazole rings is 1. The Balaban J connectivity index is 0.000000258. The van der Waals surface area contributed by atoms with Gasteiger partial charge in [0.15, 0.2) is 5.42 Å². The van der Waals surface area contributed by atoms with E-state index in [0.717, 1.165) is 30.3 Å². The van der Waals surface area contributed by atoms with Crippen LogP contribution in [0.4, 0.5) is 0 Å². The zero-order valence-electron chi connectivity index (χ0n) is 15.4. The molecule has 0 saturated carbocycles. The summed E-state index contributed by atoms with van der Waals surface area (Å²) < 4.78 is 5.37. The number of allylic oxidation sites excluding steroid dienone is 2. The number of fused-ring (bicyclic) bond motifs is 1. The van der Waals surface area contributed by atoms with Gasteiger partial charge >= 0.3 is 5.76 Å². The third-order valence-corrected chi connectivity index (χ3v) is 5.29. The van der Waals surface area contributed by atoms with E-state index in [9.17, 15) is 4.79 Å². The molecule has 0 radical (unpaired) electrons. The van der Waals surface area contributed by atoms with Crippen molar-refractivity contribution in [1.82, 2.24) is 15.2 Å². The number of piperidine rings is 2. The molecule has 138 valence electrons. The Kier molecular flexibility index (Phi) is 6.70. The summed E-state index contributed by atoms with van der Waals surface area (Å²) in [5.74, 6) is 0.117. The number of nitrogens with zero attached hydrogens (tertiary/aromatic N) is 1. The summed E-state index contributed by atoms with van der Waals surface area (Å²) in [4.78, 5) is 16.7. The van der Waals surface area contributed by atoms with Crippen molar-refractivity contribution < 1.29 is 4.42 Å². The third-order valence-electron chi connectivity index (χ3n) is 5.29. The van der Waals surface area contributed by atoms with Crippen LogP contribution in [0.15, 0.2) is 21.4 Å².